The summed E-state index contributed by atoms with van der Waals surface area (Å²) in [6, 6.07) is 0. The third-order valence-corrected chi connectivity index (χ3v) is 10.5. The lowest BCUT2D eigenvalue weighted by Crippen LogP contribution is -2.51. The number of hydrogen-bond donors (Lipinski definition) is 2. The Balaban J connectivity index is 0.00000149. The minimum Gasteiger partial charge on any atom is -0.393 e. The molecule has 4 rings (SSSR count). The molecule has 0 spiro atoms. The molecule has 33 heavy (non-hydrogen) atoms. The van der Waals surface area contributed by atoms with Gasteiger partial charge in [0.2, 0.25) is 0 Å². The fraction of sp³-hybridized carbons (Fsp3) is 0.929. The van der Waals surface area contributed by atoms with Gasteiger partial charge in [-0.3, -0.25) is 0 Å². The van der Waals surface area contributed by atoms with Gasteiger partial charge in [0, 0.05) is 0 Å². The summed E-state index contributed by atoms with van der Waals surface area (Å²) in [5, 5.41) is 20.1. The van der Waals surface area contributed by atoms with Gasteiger partial charge in [0.05, 0.1) is 6.10 Å². The summed E-state index contributed by atoms with van der Waals surface area (Å²) in [4.78, 5) is 0. The lowest BCUT2D eigenvalue weighted by molar-refractivity contribution is -0.256. The second-order valence-electron chi connectivity index (χ2n) is 12.2. The number of fused-ring (bicyclic) bond motifs is 5. The van der Waals surface area contributed by atoms with Crippen LogP contribution in [-0.2, 0) is 0 Å². The summed E-state index contributed by atoms with van der Waals surface area (Å²) < 4.78 is 39.3. The highest BCUT2D eigenvalue weighted by Gasteiger charge is 2.59. The SMILES string of the molecule is CC.C[C@H](CCC(C)(O)C(F)(F)F)C1CCC2C3CC=C4CC(O)CCC4(C)C3CCC21C. The Morgan fingerprint density at radius 1 is 1.06 bits per heavy atom. The maximum atomic E-state index is 13.1. The average Bonchev–Trinajstić information content (AvgIpc) is 3.10. The van der Waals surface area contributed by atoms with E-state index in [0.717, 1.165) is 45.4 Å². The molecule has 2 N–H and O–H groups in total. The van der Waals surface area contributed by atoms with Gasteiger partial charge < -0.3 is 10.2 Å². The number of aliphatic hydroxyl groups excluding tert-OH is 1. The zero-order valence-electron chi connectivity index (χ0n) is 21.6. The van der Waals surface area contributed by atoms with E-state index in [0.29, 0.717) is 30.1 Å². The molecule has 0 aromatic carbocycles. The first-order valence-corrected chi connectivity index (χ1v) is 13.5. The van der Waals surface area contributed by atoms with Gasteiger partial charge in [0.25, 0.3) is 0 Å². The number of hydrogen-bond acceptors (Lipinski definition) is 2. The van der Waals surface area contributed by atoms with Crippen molar-refractivity contribution in [2.24, 2.45) is 40.4 Å². The van der Waals surface area contributed by atoms with Crippen LogP contribution in [0.5, 0.6) is 0 Å². The van der Waals surface area contributed by atoms with Crippen molar-refractivity contribution < 1.29 is 23.4 Å². The van der Waals surface area contributed by atoms with Gasteiger partial charge >= 0.3 is 6.18 Å². The quantitative estimate of drug-likeness (QED) is 0.412. The summed E-state index contributed by atoms with van der Waals surface area (Å²) >= 11 is 0. The van der Waals surface area contributed by atoms with Gasteiger partial charge in [-0.1, -0.05) is 46.3 Å². The number of alkyl halides is 3. The zero-order chi connectivity index (χ0) is 24.8. The van der Waals surface area contributed by atoms with E-state index in [4.69, 9.17) is 0 Å². The molecule has 0 heterocycles. The van der Waals surface area contributed by atoms with Crippen molar-refractivity contribution in [2.45, 2.75) is 124 Å². The molecule has 0 bridgehead atoms. The molecule has 4 aliphatic rings. The van der Waals surface area contributed by atoms with E-state index >= 15 is 0 Å². The van der Waals surface area contributed by atoms with Crippen LogP contribution in [0.15, 0.2) is 11.6 Å². The molecule has 0 saturated heterocycles. The van der Waals surface area contributed by atoms with Gasteiger partial charge in [0.15, 0.2) is 5.60 Å². The number of halogens is 3. The Hall–Kier alpha value is -0.550. The Labute approximate surface area is 199 Å². The van der Waals surface area contributed by atoms with Crippen LogP contribution in [-0.4, -0.2) is 28.1 Å². The molecular weight excluding hydrogens is 425 g/mol. The van der Waals surface area contributed by atoms with Crippen molar-refractivity contribution >= 4 is 0 Å². The van der Waals surface area contributed by atoms with Gasteiger partial charge in [-0.05, 0) is 112 Å². The molecule has 9 atom stereocenters. The third kappa shape index (κ3) is 4.67. The van der Waals surface area contributed by atoms with Crippen LogP contribution in [0.1, 0.15) is 106 Å². The molecule has 0 aromatic heterocycles. The van der Waals surface area contributed by atoms with E-state index in [1.165, 1.54) is 18.4 Å². The fourth-order valence-electron chi connectivity index (χ4n) is 8.47. The first kappa shape index (κ1) is 27.0. The monoisotopic (exact) mass is 472 g/mol. The molecular formula is C28H47F3O2. The van der Waals surface area contributed by atoms with Gasteiger partial charge in [-0.2, -0.15) is 13.2 Å². The van der Waals surface area contributed by atoms with Crippen LogP contribution < -0.4 is 0 Å². The highest BCUT2D eigenvalue weighted by atomic mass is 19.4. The number of aliphatic hydroxyl groups is 2. The fourth-order valence-corrected chi connectivity index (χ4v) is 8.47. The van der Waals surface area contributed by atoms with Crippen molar-refractivity contribution in [3.63, 3.8) is 0 Å². The Morgan fingerprint density at radius 2 is 1.73 bits per heavy atom. The summed E-state index contributed by atoms with van der Waals surface area (Å²) in [7, 11) is 0. The van der Waals surface area contributed by atoms with Gasteiger partial charge in [-0.25, -0.2) is 0 Å². The topological polar surface area (TPSA) is 40.5 Å². The van der Waals surface area contributed by atoms with Crippen molar-refractivity contribution in [1.29, 1.82) is 0 Å². The van der Waals surface area contributed by atoms with Gasteiger partial charge in [0.1, 0.15) is 0 Å². The van der Waals surface area contributed by atoms with Crippen LogP contribution in [0.3, 0.4) is 0 Å². The van der Waals surface area contributed by atoms with E-state index in [1.54, 1.807) is 0 Å². The van der Waals surface area contributed by atoms with Crippen LogP contribution in [0.4, 0.5) is 13.2 Å². The summed E-state index contributed by atoms with van der Waals surface area (Å²) in [6.45, 7) is 11.9. The predicted molar refractivity (Wildman–Crippen MR) is 128 cm³/mol. The molecule has 0 radical (unpaired) electrons. The van der Waals surface area contributed by atoms with Crippen LogP contribution in [0, 0.1) is 40.4 Å². The third-order valence-electron chi connectivity index (χ3n) is 10.5. The van der Waals surface area contributed by atoms with Crippen molar-refractivity contribution in [1.82, 2.24) is 0 Å². The summed E-state index contributed by atoms with van der Waals surface area (Å²) in [6.07, 6.45) is 6.46. The van der Waals surface area contributed by atoms with E-state index in [-0.39, 0.29) is 29.3 Å². The smallest absolute Gasteiger partial charge is 0.393 e. The second-order valence-corrected chi connectivity index (χ2v) is 12.2. The maximum Gasteiger partial charge on any atom is 0.416 e. The number of rotatable bonds is 4. The molecule has 0 aromatic rings. The Morgan fingerprint density at radius 3 is 2.36 bits per heavy atom. The molecule has 0 aliphatic heterocycles. The molecule has 0 amide bonds. The van der Waals surface area contributed by atoms with Crippen LogP contribution in [0.25, 0.3) is 0 Å². The van der Waals surface area contributed by atoms with E-state index < -0.39 is 11.8 Å². The minimum atomic E-state index is -4.57. The normalized spacial score (nSPS) is 43.1. The first-order chi connectivity index (χ1) is 15.3. The Bertz CT molecular complexity index is 714. The zero-order valence-corrected chi connectivity index (χ0v) is 21.6. The largest absolute Gasteiger partial charge is 0.416 e. The van der Waals surface area contributed by atoms with E-state index in [2.05, 4.69) is 26.8 Å². The van der Waals surface area contributed by atoms with Crippen molar-refractivity contribution in [3.8, 4) is 0 Å². The molecule has 3 fully saturated rings. The maximum absolute atomic E-state index is 13.1. The molecule has 192 valence electrons. The lowest BCUT2D eigenvalue weighted by Gasteiger charge is -2.58. The van der Waals surface area contributed by atoms with Crippen LogP contribution >= 0.6 is 0 Å². The van der Waals surface area contributed by atoms with Crippen LogP contribution in [0.2, 0.25) is 0 Å². The first-order valence-electron chi connectivity index (χ1n) is 13.5. The Kier molecular flexibility index (Phi) is 7.77. The highest BCUT2D eigenvalue weighted by molar-refractivity contribution is 5.25. The van der Waals surface area contributed by atoms with Crippen molar-refractivity contribution in [3.05, 3.63) is 11.6 Å². The molecule has 8 unspecified atom stereocenters. The lowest BCUT2D eigenvalue weighted by atomic mass is 9.47. The predicted octanol–water partition coefficient (Wildman–Crippen LogP) is 7.68. The summed E-state index contributed by atoms with van der Waals surface area (Å²) in [5.41, 5.74) is -0.699. The van der Waals surface area contributed by atoms with Gasteiger partial charge in [-0.15, -0.1) is 0 Å². The summed E-state index contributed by atoms with van der Waals surface area (Å²) in [5.74, 6) is 2.61. The molecule has 3 saturated carbocycles. The number of allylic oxidation sites excluding steroid dienone is 1. The van der Waals surface area contributed by atoms with E-state index in [9.17, 15) is 23.4 Å². The molecule has 2 nitrogen and oxygen atoms in total. The highest BCUT2D eigenvalue weighted by Crippen LogP contribution is 2.67. The molecule has 5 heteroatoms. The van der Waals surface area contributed by atoms with E-state index in [1.807, 2.05) is 13.8 Å². The standard InChI is InChI=1S/C26H41F3O2.C2H6/c1-16(9-14-25(4,31)26(27,28)29)20-7-8-21-19-6-5-17-15-18(30)10-12-23(17,2)22(19)11-13-24(20,21)3;1-2/h5,16,18-22,30-31H,6-15H2,1-4H3;1-2H3/t16-,18?,19?,20?,21?,22?,23?,24?,25?;/m1./s1. The average molecular weight is 473 g/mol. The second kappa shape index (κ2) is 9.48. The molecule has 4 aliphatic carbocycles. The minimum absolute atomic E-state index is 0.185. The van der Waals surface area contributed by atoms with Crippen molar-refractivity contribution in [2.75, 3.05) is 0 Å².